The van der Waals surface area contributed by atoms with Gasteiger partial charge < -0.3 is 10.1 Å². The summed E-state index contributed by atoms with van der Waals surface area (Å²) >= 11 is 10.7. The fourth-order valence-electron chi connectivity index (χ4n) is 2.27. The van der Waals surface area contributed by atoms with Crippen LogP contribution < -0.4 is 15.4 Å². The van der Waals surface area contributed by atoms with Gasteiger partial charge in [-0.1, -0.05) is 23.7 Å². The maximum atomic E-state index is 11.8. The van der Waals surface area contributed by atoms with Crippen molar-refractivity contribution in [3.05, 3.63) is 74.4 Å². The molecule has 0 aromatic heterocycles. The summed E-state index contributed by atoms with van der Waals surface area (Å²) < 4.78 is 5.77. The molecule has 1 heterocycles. The van der Waals surface area contributed by atoms with Crippen molar-refractivity contribution < 1.29 is 14.5 Å². The Bertz CT molecular complexity index is 928. The summed E-state index contributed by atoms with van der Waals surface area (Å²) in [6.07, 6.45) is 1.46. The van der Waals surface area contributed by atoms with Crippen LogP contribution in [0.5, 0.6) is 5.75 Å². The smallest absolute Gasteiger partial charge is 0.273 e. The van der Waals surface area contributed by atoms with Gasteiger partial charge in [-0.15, -0.1) is 0 Å². The second-order valence-electron chi connectivity index (χ2n) is 5.36. The topological polar surface area (TPSA) is 93.5 Å². The van der Waals surface area contributed by atoms with Crippen molar-refractivity contribution in [3.63, 3.8) is 0 Å². The first-order valence-corrected chi connectivity index (χ1v) is 8.21. The van der Waals surface area contributed by atoms with Crippen LogP contribution in [0.25, 0.3) is 6.08 Å². The quantitative estimate of drug-likeness (QED) is 0.353. The van der Waals surface area contributed by atoms with Crippen LogP contribution >= 0.6 is 23.8 Å². The Morgan fingerprint density at radius 3 is 2.54 bits per heavy atom. The maximum Gasteiger partial charge on any atom is 0.273 e. The highest BCUT2D eigenvalue weighted by Gasteiger charge is 2.21. The molecule has 2 N–H and O–H groups in total. The molecule has 1 fully saturated rings. The monoisotopic (exact) mass is 389 g/mol. The average molecular weight is 390 g/mol. The molecule has 0 spiro atoms. The molecule has 0 saturated carbocycles. The van der Waals surface area contributed by atoms with E-state index in [9.17, 15) is 14.9 Å². The summed E-state index contributed by atoms with van der Waals surface area (Å²) in [7, 11) is 0. The van der Waals surface area contributed by atoms with E-state index in [1.165, 1.54) is 24.3 Å². The Labute approximate surface area is 158 Å². The molecule has 132 valence electrons. The summed E-state index contributed by atoms with van der Waals surface area (Å²) in [5.41, 5.74) is 1.34. The Morgan fingerprint density at radius 1 is 1.19 bits per heavy atom. The van der Waals surface area contributed by atoms with Crippen LogP contribution in [0.3, 0.4) is 0 Å². The van der Waals surface area contributed by atoms with Crippen LogP contribution in [0.1, 0.15) is 11.1 Å². The molecule has 2 aromatic carbocycles. The largest absolute Gasteiger partial charge is 0.488 e. The molecule has 0 unspecified atom stereocenters. The number of nitro benzene ring substituents is 1. The first-order valence-electron chi connectivity index (χ1n) is 7.42. The maximum absolute atomic E-state index is 11.8. The Hall–Kier alpha value is -2.97. The van der Waals surface area contributed by atoms with Gasteiger partial charge in [-0.25, -0.2) is 0 Å². The van der Waals surface area contributed by atoms with Gasteiger partial charge in [-0.3, -0.25) is 20.2 Å². The number of rotatable bonds is 5. The number of hydrogen-bond acceptors (Lipinski definition) is 5. The van der Waals surface area contributed by atoms with Crippen molar-refractivity contribution in [1.29, 1.82) is 0 Å². The van der Waals surface area contributed by atoms with Crippen LogP contribution in [0.2, 0.25) is 5.02 Å². The van der Waals surface area contributed by atoms with E-state index in [0.29, 0.717) is 16.3 Å². The van der Waals surface area contributed by atoms with Crippen molar-refractivity contribution in [3.8, 4) is 5.75 Å². The Balaban J connectivity index is 1.90. The zero-order chi connectivity index (χ0) is 18.7. The summed E-state index contributed by atoms with van der Waals surface area (Å²) in [5.74, 6) is -0.0179. The molecule has 2 aromatic rings. The number of non-ortho nitro benzene ring substituents is 1. The predicted molar refractivity (Wildman–Crippen MR) is 101 cm³/mol. The number of amides is 1. The van der Waals surface area contributed by atoms with E-state index in [-0.39, 0.29) is 23.1 Å². The number of nitrogens with one attached hydrogen (secondary N) is 2. The normalized spacial score (nSPS) is 14.9. The van der Waals surface area contributed by atoms with Gasteiger partial charge in [0.15, 0.2) is 5.11 Å². The van der Waals surface area contributed by atoms with Gasteiger partial charge in [0.1, 0.15) is 18.1 Å². The van der Waals surface area contributed by atoms with E-state index >= 15 is 0 Å². The molecular weight excluding hydrogens is 378 g/mol. The number of halogens is 1. The number of nitro groups is 1. The number of carbonyl (C=O) groups is 1. The molecule has 7 nitrogen and oxygen atoms in total. The molecule has 26 heavy (non-hydrogen) atoms. The minimum absolute atomic E-state index is 0.114. The van der Waals surface area contributed by atoms with E-state index < -0.39 is 10.8 Å². The number of ether oxygens (including phenoxy) is 1. The molecule has 9 heteroatoms. The predicted octanol–water partition coefficient (Wildman–Crippen LogP) is 3.17. The van der Waals surface area contributed by atoms with Gasteiger partial charge in [0.05, 0.1) is 4.92 Å². The number of benzene rings is 2. The molecule has 1 aliphatic rings. The van der Waals surface area contributed by atoms with Gasteiger partial charge in [0, 0.05) is 22.7 Å². The highest BCUT2D eigenvalue weighted by Crippen LogP contribution is 2.27. The zero-order valence-electron chi connectivity index (χ0n) is 13.2. The van der Waals surface area contributed by atoms with Gasteiger partial charge in [0.25, 0.3) is 11.6 Å². The third-order valence-electron chi connectivity index (χ3n) is 3.53. The first-order chi connectivity index (χ1) is 12.4. The number of thiocarbonyl (C=S) groups is 1. The van der Waals surface area contributed by atoms with E-state index in [1.807, 2.05) is 12.1 Å². The SMILES string of the molecule is O=C1NC(=S)NC1=Cc1cc([N+](=O)[O-])ccc1OCc1ccc(Cl)cc1. The third kappa shape index (κ3) is 4.16. The first kappa shape index (κ1) is 17.8. The molecule has 1 saturated heterocycles. The van der Waals surface area contributed by atoms with Gasteiger partial charge in [-0.05, 0) is 42.1 Å². The minimum atomic E-state index is -0.516. The molecule has 3 rings (SSSR count). The second kappa shape index (κ2) is 7.51. The fraction of sp³-hybridized carbons (Fsp3) is 0.0588. The summed E-state index contributed by atoms with van der Waals surface area (Å²) in [5, 5.41) is 17.0. The molecule has 0 aliphatic carbocycles. The van der Waals surface area contributed by atoms with Crippen LogP contribution in [-0.4, -0.2) is 15.9 Å². The zero-order valence-corrected chi connectivity index (χ0v) is 14.8. The highest BCUT2D eigenvalue weighted by atomic mass is 35.5. The molecule has 1 amide bonds. The van der Waals surface area contributed by atoms with Crippen molar-refractivity contribution >= 4 is 46.6 Å². The number of nitrogens with zero attached hydrogens (tertiary/aromatic N) is 1. The van der Waals surface area contributed by atoms with Crippen molar-refractivity contribution in [1.82, 2.24) is 10.6 Å². The van der Waals surface area contributed by atoms with Gasteiger partial charge >= 0.3 is 0 Å². The number of carbonyl (C=O) groups excluding carboxylic acids is 1. The van der Waals surface area contributed by atoms with Gasteiger partial charge in [0.2, 0.25) is 0 Å². The fourth-order valence-corrected chi connectivity index (χ4v) is 2.60. The van der Waals surface area contributed by atoms with E-state index in [0.717, 1.165) is 5.56 Å². The lowest BCUT2D eigenvalue weighted by Gasteiger charge is -2.10. The standard InChI is InChI=1S/C17H12ClN3O4S/c18-12-3-1-10(2-4-12)9-25-15-6-5-13(21(23)24)7-11(15)8-14-16(22)20-17(26)19-14/h1-8H,9H2,(H2,19,20,22,26). The third-order valence-corrected chi connectivity index (χ3v) is 3.99. The Morgan fingerprint density at radius 2 is 1.92 bits per heavy atom. The summed E-state index contributed by atoms with van der Waals surface area (Å²) in [4.78, 5) is 22.3. The minimum Gasteiger partial charge on any atom is -0.488 e. The van der Waals surface area contributed by atoms with Gasteiger partial charge in [-0.2, -0.15) is 0 Å². The second-order valence-corrected chi connectivity index (χ2v) is 6.21. The highest BCUT2D eigenvalue weighted by molar-refractivity contribution is 7.80. The van der Waals surface area contributed by atoms with Crippen molar-refractivity contribution in [2.45, 2.75) is 6.61 Å². The lowest BCUT2D eigenvalue weighted by molar-refractivity contribution is -0.384. The van der Waals surface area contributed by atoms with E-state index in [4.69, 9.17) is 28.6 Å². The van der Waals surface area contributed by atoms with Crippen LogP contribution in [0.4, 0.5) is 5.69 Å². The lowest BCUT2D eigenvalue weighted by Crippen LogP contribution is -2.21. The molecular formula is C17H12ClN3O4S. The van der Waals surface area contributed by atoms with E-state index in [2.05, 4.69) is 10.6 Å². The van der Waals surface area contributed by atoms with Crippen LogP contribution in [0.15, 0.2) is 48.2 Å². The molecule has 0 atom stereocenters. The van der Waals surface area contributed by atoms with Crippen molar-refractivity contribution in [2.75, 3.05) is 0 Å². The van der Waals surface area contributed by atoms with E-state index in [1.54, 1.807) is 12.1 Å². The van der Waals surface area contributed by atoms with Crippen molar-refractivity contribution in [2.24, 2.45) is 0 Å². The average Bonchev–Trinajstić information content (AvgIpc) is 2.92. The molecule has 0 bridgehead atoms. The van der Waals surface area contributed by atoms with Crippen LogP contribution in [-0.2, 0) is 11.4 Å². The summed E-state index contributed by atoms with van der Waals surface area (Å²) in [6.45, 7) is 0.239. The molecule has 1 aliphatic heterocycles. The van der Waals surface area contributed by atoms with Crippen LogP contribution in [0, 0.1) is 10.1 Å². The molecule has 0 radical (unpaired) electrons. The lowest BCUT2D eigenvalue weighted by atomic mass is 10.1. The summed E-state index contributed by atoms with van der Waals surface area (Å²) in [6, 6.07) is 11.3. The Kier molecular flexibility index (Phi) is 5.15. The number of hydrogen-bond donors (Lipinski definition) is 2.